The van der Waals surface area contributed by atoms with E-state index in [-0.39, 0.29) is 12.4 Å². The van der Waals surface area contributed by atoms with Crippen LogP contribution in [0.15, 0.2) is 12.1 Å². The van der Waals surface area contributed by atoms with Gasteiger partial charge < -0.3 is 5.32 Å². The molecule has 2 fully saturated rings. The molecule has 0 bridgehead atoms. The second-order valence-electron chi connectivity index (χ2n) is 5.72. The first kappa shape index (κ1) is 14.3. The van der Waals surface area contributed by atoms with E-state index >= 15 is 0 Å². The zero-order chi connectivity index (χ0) is 11.7. The molecule has 0 amide bonds. The Hall–Kier alpha value is -0.0900. The molecule has 3 rings (SSSR count). The standard InChI is InChI=1S/C14H22N2S.ClH/c1-12-2-3-13(17-12)10-16-9-6-14(11-16)4-7-15-8-5-14;/h2-3,15H,4-11H2,1H3;1H. The Morgan fingerprint density at radius 3 is 2.72 bits per heavy atom. The van der Waals surface area contributed by atoms with Gasteiger partial charge in [0.1, 0.15) is 0 Å². The largest absolute Gasteiger partial charge is 0.317 e. The first-order chi connectivity index (χ1) is 8.26. The Morgan fingerprint density at radius 2 is 2.06 bits per heavy atom. The van der Waals surface area contributed by atoms with E-state index in [9.17, 15) is 0 Å². The van der Waals surface area contributed by atoms with Gasteiger partial charge in [-0.1, -0.05) is 0 Å². The third kappa shape index (κ3) is 3.08. The smallest absolute Gasteiger partial charge is 0.0328 e. The van der Waals surface area contributed by atoms with Gasteiger partial charge in [0.25, 0.3) is 0 Å². The minimum absolute atomic E-state index is 0. The number of rotatable bonds is 2. The highest BCUT2D eigenvalue weighted by atomic mass is 35.5. The summed E-state index contributed by atoms with van der Waals surface area (Å²) in [6, 6.07) is 4.55. The van der Waals surface area contributed by atoms with Gasteiger partial charge in [-0.25, -0.2) is 0 Å². The van der Waals surface area contributed by atoms with E-state index < -0.39 is 0 Å². The summed E-state index contributed by atoms with van der Waals surface area (Å²) < 4.78 is 0. The monoisotopic (exact) mass is 286 g/mol. The summed E-state index contributed by atoms with van der Waals surface area (Å²) in [6.45, 7) is 8.46. The fraction of sp³-hybridized carbons (Fsp3) is 0.714. The maximum Gasteiger partial charge on any atom is 0.0328 e. The molecule has 0 unspecified atom stereocenters. The van der Waals surface area contributed by atoms with Crippen molar-refractivity contribution in [2.75, 3.05) is 26.2 Å². The summed E-state index contributed by atoms with van der Waals surface area (Å²) in [5, 5.41) is 3.49. The van der Waals surface area contributed by atoms with Gasteiger partial charge in [0.05, 0.1) is 0 Å². The molecular formula is C14H23ClN2S. The molecule has 1 N–H and O–H groups in total. The van der Waals surface area contributed by atoms with Crippen molar-refractivity contribution in [3.05, 3.63) is 21.9 Å². The molecule has 1 spiro atoms. The zero-order valence-corrected chi connectivity index (χ0v) is 12.7. The third-order valence-corrected chi connectivity index (χ3v) is 5.34. The number of thiophene rings is 1. The lowest BCUT2D eigenvalue weighted by Crippen LogP contribution is -2.38. The second kappa shape index (κ2) is 5.91. The molecule has 2 aliphatic heterocycles. The summed E-state index contributed by atoms with van der Waals surface area (Å²) in [7, 11) is 0. The van der Waals surface area contributed by atoms with Crippen molar-refractivity contribution in [1.82, 2.24) is 10.2 Å². The Bertz CT molecular complexity index is 385. The Kier molecular flexibility index (Phi) is 4.70. The summed E-state index contributed by atoms with van der Waals surface area (Å²) in [4.78, 5) is 5.64. The molecule has 3 heterocycles. The van der Waals surface area contributed by atoms with E-state index in [2.05, 4.69) is 29.3 Å². The van der Waals surface area contributed by atoms with Gasteiger partial charge in [0.2, 0.25) is 0 Å². The van der Waals surface area contributed by atoms with Crippen molar-refractivity contribution in [1.29, 1.82) is 0 Å². The fourth-order valence-electron chi connectivity index (χ4n) is 3.32. The predicted octanol–water partition coefficient (Wildman–Crippen LogP) is 3.05. The summed E-state index contributed by atoms with van der Waals surface area (Å²) >= 11 is 1.96. The number of halogens is 1. The van der Waals surface area contributed by atoms with E-state index in [1.165, 1.54) is 61.7 Å². The average molecular weight is 287 g/mol. The summed E-state index contributed by atoms with van der Waals surface area (Å²) in [5.41, 5.74) is 0.650. The molecule has 0 radical (unpaired) electrons. The van der Waals surface area contributed by atoms with Crippen LogP contribution in [0.4, 0.5) is 0 Å². The van der Waals surface area contributed by atoms with Crippen LogP contribution in [0.3, 0.4) is 0 Å². The van der Waals surface area contributed by atoms with E-state index in [4.69, 9.17) is 0 Å². The topological polar surface area (TPSA) is 15.3 Å². The van der Waals surface area contributed by atoms with Gasteiger partial charge in [0.15, 0.2) is 0 Å². The van der Waals surface area contributed by atoms with E-state index in [0.717, 1.165) is 0 Å². The Morgan fingerprint density at radius 1 is 1.28 bits per heavy atom. The van der Waals surface area contributed by atoms with Crippen LogP contribution in [0.2, 0.25) is 0 Å². The lowest BCUT2D eigenvalue weighted by atomic mass is 9.78. The Balaban J connectivity index is 0.00000120. The van der Waals surface area contributed by atoms with E-state index in [0.29, 0.717) is 5.41 Å². The van der Waals surface area contributed by atoms with Crippen LogP contribution in [0.25, 0.3) is 0 Å². The molecule has 0 atom stereocenters. The third-order valence-electron chi connectivity index (χ3n) is 4.36. The molecule has 2 nitrogen and oxygen atoms in total. The van der Waals surface area contributed by atoms with Crippen LogP contribution in [0.1, 0.15) is 29.0 Å². The first-order valence-electron chi connectivity index (χ1n) is 6.74. The van der Waals surface area contributed by atoms with E-state index in [1.807, 2.05) is 11.3 Å². The zero-order valence-electron chi connectivity index (χ0n) is 11.1. The van der Waals surface area contributed by atoms with Crippen molar-refractivity contribution in [2.24, 2.45) is 5.41 Å². The first-order valence-corrected chi connectivity index (χ1v) is 7.56. The SMILES string of the molecule is Cc1ccc(CN2CCC3(CCNCC3)C2)s1.Cl. The molecule has 0 aliphatic carbocycles. The highest BCUT2D eigenvalue weighted by Crippen LogP contribution is 2.39. The number of aryl methyl sites for hydroxylation is 1. The van der Waals surface area contributed by atoms with Crippen LogP contribution in [0.5, 0.6) is 0 Å². The molecule has 18 heavy (non-hydrogen) atoms. The molecule has 2 saturated heterocycles. The van der Waals surface area contributed by atoms with Crippen LogP contribution in [-0.2, 0) is 6.54 Å². The van der Waals surface area contributed by atoms with Crippen molar-refractivity contribution in [3.63, 3.8) is 0 Å². The van der Waals surface area contributed by atoms with Crippen molar-refractivity contribution in [2.45, 2.75) is 32.7 Å². The van der Waals surface area contributed by atoms with Gasteiger partial charge in [0, 0.05) is 22.8 Å². The molecule has 1 aromatic heterocycles. The van der Waals surface area contributed by atoms with Gasteiger partial charge in [-0.2, -0.15) is 0 Å². The van der Waals surface area contributed by atoms with Gasteiger partial charge in [-0.15, -0.1) is 23.7 Å². The van der Waals surface area contributed by atoms with Gasteiger partial charge in [-0.05, 0) is 63.4 Å². The van der Waals surface area contributed by atoms with Crippen LogP contribution >= 0.6 is 23.7 Å². The van der Waals surface area contributed by atoms with Crippen LogP contribution in [-0.4, -0.2) is 31.1 Å². The van der Waals surface area contributed by atoms with Crippen molar-refractivity contribution in [3.8, 4) is 0 Å². The predicted molar refractivity (Wildman–Crippen MR) is 80.7 cm³/mol. The minimum Gasteiger partial charge on any atom is -0.317 e. The lowest BCUT2D eigenvalue weighted by molar-refractivity contribution is 0.194. The summed E-state index contributed by atoms with van der Waals surface area (Å²) in [6.07, 6.45) is 4.18. The fourth-order valence-corrected chi connectivity index (χ4v) is 4.25. The maximum atomic E-state index is 3.49. The molecule has 0 saturated carbocycles. The van der Waals surface area contributed by atoms with Gasteiger partial charge >= 0.3 is 0 Å². The highest BCUT2D eigenvalue weighted by molar-refractivity contribution is 7.11. The highest BCUT2D eigenvalue weighted by Gasteiger charge is 2.38. The minimum atomic E-state index is 0. The molecule has 4 heteroatoms. The molecule has 0 aromatic carbocycles. The molecule has 1 aromatic rings. The number of likely N-dealkylation sites (tertiary alicyclic amines) is 1. The van der Waals surface area contributed by atoms with Crippen molar-refractivity contribution < 1.29 is 0 Å². The molecule has 102 valence electrons. The quantitative estimate of drug-likeness (QED) is 0.899. The molecular weight excluding hydrogens is 264 g/mol. The normalized spacial score (nSPS) is 23.2. The van der Waals surface area contributed by atoms with Crippen LogP contribution < -0.4 is 5.32 Å². The lowest BCUT2D eigenvalue weighted by Gasteiger charge is -2.33. The maximum absolute atomic E-state index is 3.49. The van der Waals surface area contributed by atoms with E-state index in [1.54, 1.807) is 0 Å². The number of piperidine rings is 1. The number of nitrogens with zero attached hydrogens (tertiary/aromatic N) is 1. The van der Waals surface area contributed by atoms with Crippen LogP contribution in [0, 0.1) is 12.3 Å². The summed E-state index contributed by atoms with van der Waals surface area (Å²) in [5.74, 6) is 0. The number of hydrogen-bond acceptors (Lipinski definition) is 3. The van der Waals surface area contributed by atoms with Crippen molar-refractivity contribution >= 4 is 23.7 Å². The number of hydrogen-bond donors (Lipinski definition) is 1. The molecule has 2 aliphatic rings. The number of nitrogens with one attached hydrogen (secondary N) is 1. The second-order valence-corrected chi connectivity index (χ2v) is 7.10. The van der Waals surface area contributed by atoms with Gasteiger partial charge in [-0.3, -0.25) is 4.90 Å². The average Bonchev–Trinajstić information content (AvgIpc) is 2.89. The Labute approximate surface area is 120 Å².